The molecule has 0 fully saturated rings. The molecular formula is C61H118O6. The Morgan fingerprint density at radius 1 is 0.284 bits per heavy atom. The lowest BCUT2D eigenvalue weighted by molar-refractivity contribution is -0.167. The molecule has 0 aromatic rings. The highest BCUT2D eigenvalue weighted by Gasteiger charge is 2.19. The summed E-state index contributed by atoms with van der Waals surface area (Å²) >= 11 is 0. The molecule has 0 bridgehead atoms. The van der Waals surface area contributed by atoms with Crippen LogP contribution in [0.1, 0.15) is 343 Å². The smallest absolute Gasteiger partial charge is 0.306 e. The lowest BCUT2D eigenvalue weighted by Gasteiger charge is -2.18. The van der Waals surface area contributed by atoms with Gasteiger partial charge in [0.15, 0.2) is 6.10 Å². The van der Waals surface area contributed by atoms with Crippen molar-refractivity contribution in [1.29, 1.82) is 0 Å². The highest BCUT2D eigenvalue weighted by molar-refractivity contribution is 5.71. The summed E-state index contributed by atoms with van der Waals surface area (Å²) < 4.78 is 16.9. The minimum Gasteiger partial charge on any atom is -0.462 e. The summed E-state index contributed by atoms with van der Waals surface area (Å²) in [5.74, 6) is 0.849. The van der Waals surface area contributed by atoms with Gasteiger partial charge >= 0.3 is 17.9 Å². The van der Waals surface area contributed by atoms with Crippen molar-refractivity contribution in [1.82, 2.24) is 0 Å². The second-order valence-corrected chi connectivity index (χ2v) is 21.9. The van der Waals surface area contributed by atoms with Crippen LogP contribution in [-0.2, 0) is 28.6 Å². The molecular weight excluding hydrogens is 829 g/mol. The van der Waals surface area contributed by atoms with E-state index in [-0.39, 0.29) is 31.1 Å². The first-order chi connectivity index (χ1) is 32.7. The molecule has 0 radical (unpaired) electrons. The molecule has 0 saturated heterocycles. The maximum atomic E-state index is 12.9. The van der Waals surface area contributed by atoms with Crippen LogP contribution < -0.4 is 0 Å². The molecule has 0 aliphatic carbocycles. The molecule has 6 heteroatoms. The highest BCUT2D eigenvalue weighted by Crippen LogP contribution is 2.18. The zero-order valence-corrected chi connectivity index (χ0v) is 46.0. The molecule has 0 aromatic heterocycles. The minimum atomic E-state index is -0.763. The lowest BCUT2D eigenvalue weighted by Crippen LogP contribution is -2.30. The van der Waals surface area contributed by atoms with Crippen LogP contribution in [0.3, 0.4) is 0 Å². The van der Waals surface area contributed by atoms with Crippen molar-refractivity contribution in [2.45, 2.75) is 349 Å². The van der Waals surface area contributed by atoms with Crippen LogP contribution in [0.4, 0.5) is 0 Å². The van der Waals surface area contributed by atoms with Crippen molar-refractivity contribution in [2.24, 2.45) is 11.8 Å². The van der Waals surface area contributed by atoms with E-state index in [0.29, 0.717) is 19.3 Å². The molecule has 0 aromatic carbocycles. The molecule has 0 heterocycles. The molecule has 0 spiro atoms. The second-order valence-electron chi connectivity index (χ2n) is 21.9. The zero-order chi connectivity index (χ0) is 48.9. The van der Waals surface area contributed by atoms with E-state index in [0.717, 1.165) is 69.6 Å². The van der Waals surface area contributed by atoms with Crippen molar-refractivity contribution < 1.29 is 28.6 Å². The van der Waals surface area contributed by atoms with Gasteiger partial charge in [-0.2, -0.15) is 0 Å². The molecule has 1 atom stereocenters. The van der Waals surface area contributed by atoms with Gasteiger partial charge in [-0.05, 0) is 31.1 Å². The predicted molar refractivity (Wildman–Crippen MR) is 289 cm³/mol. The Bertz CT molecular complexity index is 1020. The third-order valence-corrected chi connectivity index (χ3v) is 14.0. The van der Waals surface area contributed by atoms with E-state index >= 15 is 0 Å². The van der Waals surface area contributed by atoms with Gasteiger partial charge in [0.25, 0.3) is 0 Å². The zero-order valence-electron chi connectivity index (χ0n) is 46.0. The Hall–Kier alpha value is -1.59. The van der Waals surface area contributed by atoms with E-state index in [9.17, 15) is 14.4 Å². The van der Waals surface area contributed by atoms with Gasteiger partial charge in [-0.15, -0.1) is 0 Å². The van der Waals surface area contributed by atoms with Crippen molar-refractivity contribution in [3.63, 3.8) is 0 Å². The number of carbonyl (C=O) groups excluding carboxylic acids is 3. The first-order valence-corrected chi connectivity index (χ1v) is 30.2. The maximum absolute atomic E-state index is 12.9. The van der Waals surface area contributed by atoms with Crippen LogP contribution in [0.15, 0.2) is 0 Å². The van der Waals surface area contributed by atoms with Crippen LogP contribution in [0.25, 0.3) is 0 Å². The van der Waals surface area contributed by atoms with E-state index in [2.05, 4.69) is 34.6 Å². The molecule has 0 aliphatic heterocycles. The van der Waals surface area contributed by atoms with E-state index < -0.39 is 6.10 Å². The van der Waals surface area contributed by atoms with E-state index in [1.165, 1.54) is 231 Å². The summed E-state index contributed by atoms with van der Waals surface area (Å²) in [4.78, 5) is 38.2. The average molecular weight is 948 g/mol. The van der Waals surface area contributed by atoms with Gasteiger partial charge in [-0.3, -0.25) is 14.4 Å². The normalized spacial score (nSPS) is 12.0. The fraction of sp³-hybridized carbons (Fsp3) is 0.951. The van der Waals surface area contributed by atoms with Gasteiger partial charge in [0.1, 0.15) is 13.2 Å². The molecule has 6 nitrogen and oxygen atoms in total. The summed E-state index contributed by atoms with van der Waals surface area (Å²) in [6.07, 6.45) is 58.1. The van der Waals surface area contributed by atoms with Gasteiger partial charge < -0.3 is 14.2 Å². The standard InChI is InChI=1S/C61H118O6/c1-6-7-8-9-10-11-12-13-21-26-31-36-41-46-51-59(62)65-54-58(55-66-60(63)52-47-42-37-32-28-23-25-30-35-40-45-50-57(4)5)67-61(64)53-48-43-38-33-27-22-19-17-15-14-16-18-20-24-29-34-39-44-49-56(2)3/h56-58H,6-55H2,1-5H3/t58-/m1/s1. The Kier molecular flexibility index (Phi) is 52.5. The number of rotatable bonds is 55. The minimum absolute atomic E-state index is 0.0623. The number of hydrogen-bond donors (Lipinski definition) is 0. The molecule has 0 saturated carbocycles. The topological polar surface area (TPSA) is 78.9 Å². The first-order valence-electron chi connectivity index (χ1n) is 30.2. The monoisotopic (exact) mass is 947 g/mol. The molecule has 0 unspecified atom stereocenters. The largest absolute Gasteiger partial charge is 0.462 e. The third kappa shape index (κ3) is 55.2. The van der Waals surface area contributed by atoms with E-state index in [4.69, 9.17) is 14.2 Å². The predicted octanol–water partition coefficient (Wildman–Crippen LogP) is 20.0. The fourth-order valence-corrected chi connectivity index (χ4v) is 9.40. The van der Waals surface area contributed by atoms with Crippen molar-refractivity contribution >= 4 is 17.9 Å². The summed E-state index contributed by atoms with van der Waals surface area (Å²) in [5, 5.41) is 0. The number of carbonyl (C=O) groups is 3. The molecule has 398 valence electrons. The van der Waals surface area contributed by atoms with Crippen molar-refractivity contribution in [3.05, 3.63) is 0 Å². The highest BCUT2D eigenvalue weighted by atomic mass is 16.6. The summed E-state index contributed by atoms with van der Waals surface area (Å²) in [5.41, 5.74) is 0. The summed E-state index contributed by atoms with van der Waals surface area (Å²) in [6, 6.07) is 0. The second kappa shape index (κ2) is 53.8. The third-order valence-electron chi connectivity index (χ3n) is 14.0. The Labute approximate surface area is 418 Å². The van der Waals surface area contributed by atoms with Crippen LogP contribution >= 0.6 is 0 Å². The van der Waals surface area contributed by atoms with Crippen LogP contribution in [0.2, 0.25) is 0 Å². The Morgan fingerprint density at radius 2 is 0.493 bits per heavy atom. The Balaban J connectivity index is 4.26. The number of esters is 3. The number of hydrogen-bond acceptors (Lipinski definition) is 6. The van der Waals surface area contributed by atoms with Crippen LogP contribution in [0, 0.1) is 11.8 Å². The number of unbranched alkanes of at least 4 members (excludes halogenated alkanes) is 40. The van der Waals surface area contributed by atoms with E-state index in [1.54, 1.807) is 0 Å². The van der Waals surface area contributed by atoms with Crippen LogP contribution in [0.5, 0.6) is 0 Å². The van der Waals surface area contributed by atoms with Gasteiger partial charge in [0, 0.05) is 19.3 Å². The SMILES string of the molecule is CCCCCCCCCCCCCCCCC(=O)OC[C@H](COC(=O)CCCCCCCCCCCCCC(C)C)OC(=O)CCCCCCCCCCCCCCCCCCCCC(C)C. The maximum Gasteiger partial charge on any atom is 0.306 e. The summed E-state index contributed by atoms with van der Waals surface area (Å²) in [7, 11) is 0. The van der Waals surface area contributed by atoms with Gasteiger partial charge in [0.05, 0.1) is 0 Å². The average Bonchev–Trinajstić information content (AvgIpc) is 3.30. The Morgan fingerprint density at radius 3 is 0.731 bits per heavy atom. The molecule has 0 aliphatic rings. The first kappa shape index (κ1) is 65.4. The molecule has 0 N–H and O–H groups in total. The lowest BCUT2D eigenvalue weighted by atomic mass is 10.0. The van der Waals surface area contributed by atoms with E-state index in [1.807, 2.05) is 0 Å². The van der Waals surface area contributed by atoms with Crippen molar-refractivity contribution in [3.8, 4) is 0 Å². The number of ether oxygens (including phenoxy) is 3. The quantitative estimate of drug-likeness (QED) is 0.0343. The molecule has 67 heavy (non-hydrogen) atoms. The van der Waals surface area contributed by atoms with Gasteiger partial charge in [0.2, 0.25) is 0 Å². The van der Waals surface area contributed by atoms with Crippen LogP contribution in [-0.4, -0.2) is 37.2 Å². The fourth-order valence-electron chi connectivity index (χ4n) is 9.40. The molecule has 0 amide bonds. The van der Waals surface area contributed by atoms with Crippen molar-refractivity contribution in [2.75, 3.05) is 13.2 Å². The van der Waals surface area contributed by atoms with Gasteiger partial charge in [-0.25, -0.2) is 0 Å². The molecule has 0 rings (SSSR count). The summed E-state index contributed by atoms with van der Waals surface area (Å²) in [6.45, 7) is 11.4. The van der Waals surface area contributed by atoms with Gasteiger partial charge in [-0.1, -0.05) is 304 Å².